The second-order valence-electron chi connectivity index (χ2n) is 2.94. The molecule has 0 aromatic heterocycles. The van der Waals surface area contributed by atoms with Crippen molar-refractivity contribution in [1.82, 2.24) is 0 Å². The van der Waals surface area contributed by atoms with Crippen molar-refractivity contribution in [3.05, 3.63) is 0 Å². The zero-order valence-electron chi connectivity index (χ0n) is 9.93. The lowest BCUT2D eigenvalue weighted by atomic mass is 10.5. The predicted molar refractivity (Wildman–Crippen MR) is 60.8 cm³/mol. The molecule has 0 saturated carbocycles. The van der Waals surface area contributed by atoms with Crippen LogP contribution in [0.2, 0.25) is 0 Å². The highest BCUT2D eigenvalue weighted by atomic mass is 31.3. The summed E-state index contributed by atoms with van der Waals surface area (Å²) in [4.78, 5) is 9.19. The largest absolute Gasteiger partial charge is 0.483 e. The van der Waals surface area contributed by atoms with Crippen LogP contribution in [0.15, 0.2) is 0 Å². The highest BCUT2D eigenvalue weighted by molar-refractivity contribution is 7.61. The summed E-state index contributed by atoms with van der Waals surface area (Å²) in [6.07, 6.45) is 0.475. The van der Waals surface area contributed by atoms with Gasteiger partial charge in [-0.15, -0.1) is 0 Å². The van der Waals surface area contributed by atoms with E-state index in [9.17, 15) is 14.0 Å². The van der Waals surface area contributed by atoms with E-state index in [0.29, 0.717) is 6.42 Å². The normalized spacial score (nSPS) is 18.2. The molecule has 2 unspecified atom stereocenters. The molecule has 0 aromatic carbocycles. The Morgan fingerprint density at radius 3 is 1.94 bits per heavy atom. The fraction of sp³-hybridized carbons (Fsp3) is 1.00. The highest BCUT2D eigenvalue weighted by Crippen LogP contribution is 2.63. The molecular weight excluding hydrogens is 290 g/mol. The summed E-state index contributed by atoms with van der Waals surface area (Å²) in [5, 5.41) is 17.0. The van der Waals surface area contributed by atoms with Crippen molar-refractivity contribution >= 4 is 15.6 Å². The molecule has 0 amide bonds. The lowest BCUT2D eigenvalue weighted by molar-refractivity contribution is 0.103. The minimum Gasteiger partial charge on any atom is -0.394 e. The van der Waals surface area contributed by atoms with Gasteiger partial charge in [0.1, 0.15) is 0 Å². The van der Waals surface area contributed by atoms with Gasteiger partial charge >= 0.3 is 15.6 Å². The molecule has 0 aliphatic heterocycles. The minimum atomic E-state index is -4.67. The van der Waals surface area contributed by atoms with Gasteiger partial charge in [-0.3, -0.25) is 13.6 Å². The van der Waals surface area contributed by atoms with E-state index in [1.807, 2.05) is 0 Å². The van der Waals surface area contributed by atoms with Gasteiger partial charge in [-0.05, 0) is 6.42 Å². The molecule has 0 rings (SSSR count). The SMILES string of the molecule is CCCOP(=O)(OCCO)OP(=O)(O)OCCO. The summed E-state index contributed by atoms with van der Waals surface area (Å²) >= 11 is 0. The van der Waals surface area contributed by atoms with Gasteiger partial charge < -0.3 is 15.1 Å². The first-order chi connectivity index (χ1) is 8.39. The Morgan fingerprint density at radius 1 is 0.944 bits per heavy atom. The van der Waals surface area contributed by atoms with E-state index in [1.165, 1.54) is 0 Å². The van der Waals surface area contributed by atoms with Crippen LogP contribution < -0.4 is 0 Å². The fourth-order valence-electron chi connectivity index (χ4n) is 0.746. The second kappa shape index (κ2) is 9.14. The first-order valence-electron chi connectivity index (χ1n) is 5.18. The molecule has 18 heavy (non-hydrogen) atoms. The average molecular weight is 308 g/mol. The zero-order valence-corrected chi connectivity index (χ0v) is 11.7. The Balaban J connectivity index is 4.55. The summed E-state index contributed by atoms with van der Waals surface area (Å²) < 4.78 is 41.1. The quantitative estimate of drug-likeness (QED) is 0.471. The summed E-state index contributed by atoms with van der Waals surface area (Å²) in [5.41, 5.74) is 0. The highest BCUT2D eigenvalue weighted by Gasteiger charge is 2.37. The van der Waals surface area contributed by atoms with E-state index in [1.54, 1.807) is 6.92 Å². The van der Waals surface area contributed by atoms with Gasteiger partial charge in [0, 0.05) is 0 Å². The molecule has 0 aliphatic carbocycles. The second-order valence-corrected chi connectivity index (χ2v) is 6.20. The maximum Gasteiger partial charge on any atom is 0.483 e. The van der Waals surface area contributed by atoms with Crippen LogP contribution in [0.5, 0.6) is 0 Å². The third-order valence-corrected chi connectivity index (χ3v) is 4.48. The summed E-state index contributed by atoms with van der Waals surface area (Å²) in [7, 11) is -8.96. The molecule has 2 atom stereocenters. The molecule has 11 heteroatoms. The van der Waals surface area contributed by atoms with Gasteiger partial charge in [0.2, 0.25) is 0 Å². The molecule has 0 saturated heterocycles. The fourth-order valence-corrected chi connectivity index (χ4v) is 3.42. The van der Waals surface area contributed by atoms with Crippen molar-refractivity contribution in [1.29, 1.82) is 0 Å². The number of phosphoric ester groups is 2. The van der Waals surface area contributed by atoms with Crippen LogP contribution in [0.25, 0.3) is 0 Å². The number of hydrogen-bond acceptors (Lipinski definition) is 8. The molecule has 9 nitrogen and oxygen atoms in total. The molecule has 0 heterocycles. The Kier molecular flexibility index (Phi) is 9.23. The van der Waals surface area contributed by atoms with E-state index in [-0.39, 0.29) is 13.2 Å². The van der Waals surface area contributed by atoms with Crippen LogP contribution in [0.1, 0.15) is 13.3 Å². The van der Waals surface area contributed by atoms with E-state index in [0.717, 1.165) is 0 Å². The van der Waals surface area contributed by atoms with E-state index >= 15 is 0 Å². The number of rotatable bonds is 11. The lowest BCUT2D eigenvalue weighted by Gasteiger charge is -2.19. The molecular formula is C7H18O9P2. The number of aliphatic hydroxyl groups excluding tert-OH is 2. The predicted octanol–water partition coefficient (Wildman–Crippen LogP) is 0.656. The van der Waals surface area contributed by atoms with Crippen molar-refractivity contribution in [2.24, 2.45) is 0 Å². The average Bonchev–Trinajstić information content (AvgIpc) is 2.31. The van der Waals surface area contributed by atoms with Crippen molar-refractivity contribution in [2.75, 3.05) is 33.0 Å². The molecule has 0 fully saturated rings. The molecule has 0 aliphatic rings. The van der Waals surface area contributed by atoms with E-state index in [4.69, 9.17) is 14.7 Å². The van der Waals surface area contributed by atoms with Gasteiger partial charge in [-0.1, -0.05) is 6.92 Å². The smallest absolute Gasteiger partial charge is 0.394 e. The molecule has 110 valence electrons. The van der Waals surface area contributed by atoms with Gasteiger partial charge in [-0.25, -0.2) is 9.13 Å². The van der Waals surface area contributed by atoms with E-state index in [2.05, 4.69) is 13.4 Å². The summed E-state index contributed by atoms with van der Waals surface area (Å²) in [6, 6.07) is 0. The van der Waals surface area contributed by atoms with E-state index < -0.39 is 35.5 Å². The number of phosphoric acid groups is 2. The van der Waals surface area contributed by atoms with Gasteiger partial charge in [0.05, 0.1) is 33.0 Å². The van der Waals surface area contributed by atoms with Crippen LogP contribution in [-0.4, -0.2) is 48.1 Å². The standard InChI is InChI=1S/C7H18O9P2/c1-2-5-14-18(12,15-7-4-9)16-17(10,11)13-6-3-8/h8-9H,2-7H2,1H3,(H,10,11). The van der Waals surface area contributed by atoms with Crippen molar-refractivity contribution in [3.63, 3.8) is 0 Å². The monoisotopic (exact) mass is 308 g/mol. The maximum absolute atomic E-state index is 11.9. The topological polar surface area (TPSA) is 132 Å². The van der Waals surface area contributed by atoms with Crippen molar-refractivity contribution in [2.45, 2.75) is 13.3 Å². The summed E-state index contributed by atoms with van der Waals surface area (Å²) in [6.45, 7) is -0.135. The number of aliphatic hydroxyl groups is 2. The molecule has 0 radical (unpaired) electrons. The van der Waals surface area contributed by atoms with Crippen molar-refractivity contribution < 1.29 is 42.1 Å². The minimum absolute atomic E-state index is 0.0251. The van der Waals surface area contributed by atoms with Crippen LogP contribution in [0, 0.1) is 0 Å². The van der Waals surface area contributed by atoms with Gasteiger partial charge in [-0.2, -0.15) is 4.31 Å². The maximum atomic E-state index is 11.9. The Bertz CT molecular complexity index is 295. The van der Waals surface area contributed by atoms with Crippen LogP contribution in [0.3, 0.4) is 0 Å². The summed E-state index contributed by atoms with van der Waals surface area (Å²) in [5.74, 6) is 0. The Morgan fingerprint density at radius 2 is 1.44 bits per heavy atom. The molecule has 0 aromatic rings. The van der Waals surface area contributed by atoms with Crippen molar-refractivity contribution in [3.8, 4) is 0 Å². The number of hydrogen-bond donors (Lipinski definition) is 3. The molecule has 0 bridgehead atoms. The Hall–Kier alpha value is 0.180. The van der Waals surface area contributed by atoms with Crippen LogP contribution in [-0.2, 0) is 27.0 Å². The molecule has 0 spiro atoms. The van der Waals surface area contributed by atoms with Gasteiger partial charge in [0.15, 0.2) is 0 Å². The third-order valence-electron chi connectivity index (χ3n) is 1.34. The lowest BCUT2D eigenvalue weighted by Crippen LogP contribution is -2.06. The first-order valence-corrected chi connectivity index (χ1v) is 8.14. The zero-order chi connectivity index (χ0) is 14.1. The third kappa shape index (κ3) is 8.31. The van der Waals surface area contributed by atoms with Crippen LogP contribution in [0.4, 0.5) is 0 Å². The van der Waals surface area contributed by atoms with Crippen LogP contribution >= 0.6 is 15.6 Å². The molecule has 3 N–H and O–H groups in total. The van der Waals surface area contributed by atoms with Gasteiger partial charge in [0.25, 0.3) is 0 Å². The Labute approximate surface area is 105 Å². The first kappa shape index (κ1) is 18.2.